The second kappa shape index (κ2) is 7.89. The van der Waals surface area contributed by atoms with Crippen LogP contribution in [-0.4, -0.2) is 18.1 Å². The maximum atomic E-state index is 12.8. The van der Waals surface area contributed by atoms with E-state index >= 15 is 0 Å². The van der Waals surface area contributed by atoms with E-state index in [1.54, 1.807) is 30.3 Å². The average molecular weight is 352 g/mol. The SMILES string of the molecule is O=C(NN=Cc1cccc(OC(=O)c2ccco2)c1)c1ccc(F)cc1. The number of hydrogen-bond donors (Lipinski definition) is 1. The van der Waals surface area contributed by atoms with Crippen molar-refractivity contribution in [1.82, 2.24) is 5.43 Å². The molecule has 3 aromatic rings. The first-order chi connectivity index (χ1) is 12.6. The molecule has 0 saturated carbocycles. The van der Waals surface area contributed by atoms with Crippen LogP contribution in [-0.2, 0) is 0 Å². The fraction of sp³-hybridized carbons (Fsp3) is 0. The van der Waals surface area contributed by atoms with Crippen LogP contribution in [0.3, 0.4) is 0 Å². The molecule has 7 heteroatoms. The number of amides is 1. The fourth-order valence-electron chi connectivity index (χ4n) is 2.04. The monoisotopic (exact) mass is 352 g/mol. The van der Waals surface area contributed by atoms with E-state index in [1.807, 2.05) is 0 Å². The summed E-state index contributed by atoms with van der Waals surface area (Å²) in [6, 6.07) is 14.8. The Morgan fingerprint density at radius 3 is 2.62 bits per heavy atom. The number of nitrogens with zero attached hydrogens (tertiary/aromatic N) is 1. The van der Waals surface area contributed by atoms with Gasteiger partial charge in [0.25, 0.3) is 5.91 Å². The lowest BCUT2D eigenvalue weighted by Gasteiger charge is -2.03. The lowest BCUT2D eigenvalue weighted by Crippen LogP contribution is -2.17. The summed E-state index contributed by atoms with van der Waals surface area (Å²) in [5, 5.41) is 3.83. The molecule has 1 aromatic heterocycles. The third kappa shape index (κ3) is 4.41. The highest BCUT2D eigenvalue weighted by molar-refractivity contribution is 5.95. The van der Waals surface area contributed by atoms with Crippen LogP contribution in [0.15, 0.2) is 76.4 Å². The van der Waals surface area contributed by atoms with Crippen LogP contribution in [0.4, 0.5) is 4.39 Å². The lowest BCUT2D eigenvalue weighted by atomic mass is 10.2. The molecular formula is C19H13FN2O4. The van der Waals surface area contributed by atoms with Gasteiger partial charge in [0.2, 0.25) is 5.76 Å². The lowest BCUT2D eigenvalue weighted by molar-refractivity contribution is 0.0701. The topological polar surface area (TPSA) is 80.9 Å². The Kier molecular flexibility index (Phi) is 5.19. The molecule has 0 aliphatic heterocycles. The Hall–Kier alpha value is -3.74. The fourth-order valence-corrected chi connectivity index (χ4v) is 2.04. The van der Waals surface area contributed by atoms with Crippen LogP contribution in [0.5, 0.6) is 5.75 Å². The van der Waals surface area contributed by atoms with Crippen molar-refractivity contribution in [3.05, 3.63) is 89.6 Å². The minimum absolute atomic E-state index is 0.0932. The summed E-state index contributed by atoms with van der Waals surface area (Å²) in [4.78, 5) is 23.7. The minimum atomic E-state index is -0.617. The zero-order valence-corrected chi connectivity index (χ0v) is 13.4. The van der Waals surface area contributed by atoms with Crippen molar-refractivity contribution < 1.29 is 23.1 Å². The Morgan fingerprint density at radius 1 is 1.08 bits per heavy atom. The number of benzene rings is 2. The molecule has 130 valence electrons. The molecule has 0 aliphatic carbocycles. The molecule has 0 spiro atoms. The number of furan rings is 1. The average Bonchev–Trinajstić information content (AvgIpc) is 3.17. The van der Waals surface area contributed by atoms with Crippen molar-refractivity contribution in [2.24, 2.45) is 5.10 Å². The van der Waals surface area contributed by atoms with Crippen LogP contribution < -0.4 is 10.2 Å². The number of esters is 1. The van der Waals surface area contributed by atoms with Gasteiger partial charge in [-0.25, -0.2) is 14.6 Å². The predicted molar refractivity (Wildman–Crippen MR) is 91.6 cm³/mol. The van der Waals surface area contributed by atoms with E-state index in [0.29, 0.717) is 11.3 Å². The molecule has 3 rings (SSSR count). The van der Waals surface area contributed by atoms with Crippen LogP contribution in [0.2, 0.25) is 0 Å². The Bertz CT molecular complexity index is 934. The van der Waals surface area contributed by atoms with Crippen molar-refractivity contribution in [2.75, 3.05) is 0 Å². The van der Waals surface area contributed by atoms with E-state index in [1.165, 1.54) is 42.8 Å². The molecule has 6 nitrogen and oxygen atoms in total. The minimum Gasteiger partial charge on any atom is -0.457 e. The largest absolute Gasteiger partial charge is 0.457 e. The van der Waals surface area contributed by atoms with Crippen molar-refractivity contribution in [3.8, 4) is 5.75 Å². The van der Waals surface area contributed by atoms with Gasteiger partial charge in [-0.15, -0.1) is 0 Å². The zero-order chi connectivity index (χ0) is 18.4. The van der Waals surface area contributed by atoms with Gasteiger partial charge in [0.15, 0.2) is 0 Å². The third-order valence-electron chi connectivity index (χ3n) is 3.28. The number of halogens is 1. The molecule has 1 heterocycles. The Balaban J connectivity index is 1.61. The Morgan fingerprint density at radius 2 is 1.88 bits per heavy atom. The molecule has 0 fully saturated rings. The number of nitrogens with one attached hydrogen (secondary N) is 1. The van der Waals surface area contributed by atoms with Gasteiger partial charge >= 0.3 is 5.97 Å². The zero-order valence-electron chi connectivity index (χ0n) is 13.4. The first-order valence-corrected chi connectivity index (χ1v) is 7.56. The highest BCUT2D eigenvalue weighted by Gasteiger charge is 2.11. The maximum absolute atomic E-state index is 12.8. The van der Waals surface area contributed by atoms with Gasteiger partial charge in [-0.2, -0.15) is 5.10 Å². The van der Waals surface area contributed by atoms with Crippen LogP contribution in [0.1, 0.15) is 26.5 Å². The molecule has 1 N–H and O–H groups in total. The molecule has 2 aromatic carbocycles. The van der Waals surface area contributed by atoms with E-state index in [4.69, 9.17) is 9.15 Å². The summed E-state index contributed by atoms with van der Waals surface area (Å²) in [6.45, 7) is 0. The number of hydrogen-bond acceptors (Lipinski definition) is 5. The number of hydrazone groups is 1. The maximum Gasteiger partial charge on any atom is 0.379 e. The van der Waals surface area contributed by atoms with Gasteiger partial charge in [0.1, 0.15) is 11.6 Å². The number of carbonyl (C=O) groups is 2. The molecule has 26 heavy (non-hydrogen) atoms. The normalized spacial score (nSPS) is 10.7. The van der Waals surface area contributed by atoms with Gasteiger partial charge in [0, 0.05) is 5.56 Å². The van der Waals surface area contributed by atoms with Gasteiger partial charge in [-0.1, -0.05) is 12.1 Å². The van der Waals surface area contributed by atoms with Crippen molar-refractivity contribution in [2.45, 2.75) is 0 Å². The van der Waals surface area contributed by atoms with Crippen LogP contribution in [0, 0.1) is 5.82 Å². The predicted octanol–water partition coefficient (Wildman–Crippen LogP) is 3.40. The van der Waals surface area contributed by atoms with Crippen LogP contribution >= 0.6 is 0 Å². The third-order valence-corrected chi connectivity index (χ3v) is 3.28. The van der Waals surface area contributed by atoms with Crippen molar-refractivity contribution in [1.29, 1.82) is 0 Å². The van der Waals surface area contributed by atoms with Crippen molar-refractivity contribution >= 4 is 18.1 Å². The highest BCUT2D eigenvalue weighted by atomic mass is 19.1. The number of rotatable bonds is 5. The summed E-state index contributed by atoms with van der Waals surface area (Å²) in [5.41, 5.74) is 3.22. The molecule has 0 unspecified atom stereocenters. The Labute approximate surface area is 147 Å². The first kappa shape index (κ1) is 17.1. The second-order valence-electron chi connectivity index (χ2n) is 5.15. The van der Waals surface area contributed by atoms with Gasteiger partial charge < -0.3 is 9.15 Å². The number of carbonyl (C=O) groups excluding carboxylic acids is 2. The quantitative estimate of drug-likeness (QED) is 0.330. The summed E-state index contributed by atoms with van der Waals surface area (Å²) in [5.74, 6) is -1.11. The molecule has 0 atom stereocenters. The standard InChI is InChI=1S/C19H13FN2O4/c20-15-8-6-14(7-9-15)18(23)22-21-12-13-3-1-4-16(11-13)26-19(24)17-5-2-10-25-17/h1-12H,(H,22,23). The summed E-state index contributed by atoms with van der Waals surface area (Å²) < 4.78 is 23.0. The van der Waals surface area contributed by atoms with E-state index in [2.05, 4.69) is 10.5 Å². The van der Waals surface area contributed by atoms with E-state index in [-0.39, 0.29) is 11.3 Å². The molecule has 1 amide bonds. The second-order valence-corrected chi connectivity index (χ2v) is 5.15. The summed E-state index contributed by atoms with van der Waals surface area (Å²) >= 11 is 0. The van der Waals surface area contributed by atoms with E-state index < -0.39 is 17.7 Å². The van der Waals surface area contributed by atoms with E-state index in [0.717, 1.165) is 0 Å². The smallest absolute Gasteiger partial charge is 0.379 e. The van der Waals surface area contributed by atoms with Gasteiger partial charge in [-0.3, -0.25) is 4.79 Å². The van der Waals surface area contributed by atoms with Gasteiger partial charge in [-0.05, 0) is 54.1 Å². The molecular weight excluding hydrogens is 339 g/mol. The number of ether oxygens (including phenoxy) is 1. The van der Waals surface area contributed by atoms with Crippen molar-refractivity contribution in [3.63, 3.8) is 0 Å². The highest BCUT2D eigenvalue weighted by Crippen LogP contribution is 2.14. The van der Waals surface area contributed by atoms with Gasteiger partial charge in [0.05, 0.1) is 12.5 Å². The molecule has 0 saturated heterocycles. The molecule has 0 aliphatic rings. The summed E-state index contributed by atoms with van der Waals surface area (Å²) in [7, 11) is 0. The molecule has 0 radical (unpaired) electrons. The van der Waals surface area contributed by atoms with Crippen LogP contribution in [0.25, 0.3) is 0 Å². The van der Waals surface area contributed by atoms with E-state index in [9.17, 15) is 14.0 Å². The first-order valence-electron chi connectivity index (χ1n) is 7.56. The molecule has 0 bridgehead atoms. The summed E-state index contributed by atoms with van der Waals surface area (Å²) in [6.07, 6.45) is 2.77.